The van der Waals surface area contributed by atoms with Crippen molar-refractivity contribution in [2.75, 3.05) is 23.9 Å². The minimum atomic E-state index is -0.230. The Morgan fingerprint density at radius 1 is 1.18 bits per heavy atom. The molecule has 1 aromatic heterocycles. The van der Waals surface area contributed by atoms with Crippen LogP contribution in [0.1, 0.15) is 64.4 Å². The largest absolute Gasteiger partial charge is 0.469 e. The summed E-state index contributed by atoms with van der Waals surface area (Å²) < 4.78 is 4.86. The number of methoxy groups -OCH3 is 1. The first-order chi connectivity index (χ1) is 15.8. The number of nitrogens with zero attached hydrogens (tertiary/aromatic N) is 3. The Bertz CT molecular complexity index is 914. The van der Waals surface area contributed by atoms with E-state index in [-0.39, 0.29) is 18.0 Å². The standard InChI is InChI=1S/C25H35ClN4O3/c1-16(2)15-30(19-6-8-20(31)9-7-19)22-10-5-18(17(3)13-25(32)33-4)14-21(22)27-24-12-11-23(26)28-29-24/h5,10-12,14,16-17,19-20,31H,6-9,13,15H2,1-4H3,(H,27,29)/t17-,19?,20?/m1/s1. The third kappa shape index (κ3) is 7.05. The van der Waals surface area contributed by atoms with Crippen LogP contribution in [0.3, 0.4) is 0 Å². The molecule has 1 atom stereocenters. The van der Waals surface area contributed by atoms with E-state index in [4.69, 9.17) is 16.3 Å². The molecule has 1 fully saturated rings. The first kappa shape index (κ1) is 25.2. The van der Waals surface area contributed by atoms with Crippen molar-refractivity contribution in [2.45, 2.75) is 70.9 Å². The van der Waals surface area contributed by atoms with Gasteiger partial charge in [-0.05, 0) is 67.3 Å². The maximum Gasteiger partial charge on any atom is 0.306 e. The molecule has 0 bridgehead atoms. The molecule has 180 valence electrons. The average molecular weight is 475 g/mol. The Balaban J connectivity index is 1.98. The predicted octanol–water partition coefficient (Wildman–Crippen LogP) is 5.31. The number of carbonyl (C=O) groups is 1. The van der Waals surface area contributed by atoms with Gasteiger partial charge >= 0.3 is 5.97 Å². The van der Waals surface area contributed by atoms with Gasteiger partial charge in [-0.2, -0.15) is 0 Å². The first-order valence-electron chi connectivity index (χ1n) is 11.7. The van der Waals surface area contributed by atoms with Crippen molar-refractivity contribution < 1.29 is 14.6 Å². The molecule has 1 heterocycles. The normalized spacial score (nSPS) is 19.2. The predicted molar refractivity (Wildman–Crippen MR) is 132 cm³/mol. The number of carbonyl (C=O) groups excluding carboxylic acids is 1. The number of anilines is 3. The topological polar surface area (TPSA) is 87.6 Å². The number of nitrogens with one attached hydrogen (secondary N) is 1. The van der Waals surface area contributed by atoms with E-state index in [0.29, 0.717) is 29.4 Å². The van der Waals surface area contributed by atoms with Gasteiger partial charge in [0.25, 0.3) is 0 Å². The van der Waals surface area contributed by atoms with E-state index >= 15 is 0 Å². The monoisotopic (exact) mass is 474 g/mol. The second kappa shape index (κ2) is 11.7. The van der Waals surface area contributed by atoms with Gasteiger partial charge in [-0.1, -0.05) is 38.4 Å². The summed E-state index contributed by atoms with van der Waals surface area (Å²) >= 11 is 5.92. The van der Waals surface area contributed by atoms with E-state index in [2.05, 4.69) is 52.5 Å². The van der Waals surface area contributed by atoms with E-state index in [0.717, 1.165) is 49.2 Å². The number of benzene rings is 1. The molecule has 2 N–H and O–H groups in total. The number of esters is 1. The van der Waals surface area contributed by atoms with Crippen molar-refractivity contribution in [3.8, 4) is 0 Å². The molecule has 1 aromatic carbocycles. The van der Waals surface area contributed by atoms with Gasteiger partial charge in [-0.25, -0.2) is 0 Å². The van der Waals surface area contributed by atoms with Crippen molar-refractivity contribution in [3.05, 3.63) is 41.0 Å². The van der Waals surface area contributed by atoms with Crippen LogP contribution in [-0.4, -0.2) is 47.1 Å². The van der Waals surface area contributed by atoms with Crippen LogP contribution in [0.4, 0.5) is 17.2 Å². The molecule has 1 aliphatic carbocycles. The third-order valence-corrected chi connectivity index (χ3v) is 6.36. The minimum Gasteiger partial charge on any atom is -0.469 e. The van der Waals surface area contributed by atoms with Crippen LogP contribution in [0.2, 0.25) is 5.15 Å². The quantitative estimate of drug-likeness (QED) is 0.476. The van der Waals surface area contributed by atoms with Crippen LogP contribution < -0.4 is 10.2 Å². The summed E-state index contributed by atoms with van der Waals surface area (Å²) in [7, 11) is 1.41. The van der Waals surface area contributed by atoms with Crippen molar-refractivity contribution in [2.24, 2.45) is 5.92 Å². The van der Waals surface area contributed by atoms with E-state index in [1.165, 1.54) is 7.11 Å². The van der Waals surface area contributed by atoms with Crippen LogP contribution in [-0.2, 0) is 9.53 Å². The molecule has 0 saturated heterocycles. The second-order valence-corrected chi connectivity index (χ2v) is 9.72. The zero-order valence-electron chi connectivity index (χ0n) is 19.9. The summed E-state index contributed by atoms with van der Waals surface area (Å²) in [6.45, 7) is 7.36. The first-order valence-corrected chi connectivity index (χ1v) is 12.1. The number of aliphatic hydroxyl groups excluding tert-OH is 1. The van der Waals surface area contributed by atoms with Crippen LogP contribution in [0.25, 0.3) is 0 Å². The van der Waals surface area contributed by atoms with Crippen molar-refractivity contribution in [3.63, 3.8) is 0 Å². The zero-order valence-corrected chi connectivity index (χ0v) is 20.7. The highest BCUT2D eigenvalue weighted by atomic mass is 35.5. The van der Waals surface area contributed by atoms with Gasteiger partial charge in [-0.15, -0.1) is 10.2 Å². The maximum absolute atomic E-state index is 11.8. The fourth-order valence-electron chi connectivity index (χ4n) is 4.39. The van der Waals surface area contributed by atoms with E-state index < -0.39 is 0 Å². The smallest absolute Gasteiger partial charge is 0.306 e. The van der Waals surface area contributed by atoms with E-state index in [1.807, 2.05) is 6.92 Å². The second-order valence-electron chi connectivity index (χ2n) is 9.33. The minimum absolute atomic E-state index is 0.00623. The van der Waals surface area contributed by atoms with Crippen molar-refractivity contribution >= 4 is 34.8 Å². The SMILES string of the molecule is COC(=O)C[C@@H](C)c1ccc(N(CC(C)C)C2CCC(O)CC2)c(Nc2ccc(Cl)nn2)c1. The fourth-order valence-corrected chi connectivity index (χ4v) is 4.49. The van der Waals surface area contributed by atoms with Gasteiger partial charge in [0.1, 0.15) is 0 Å². The maximum atomic E-state index is 11.8. The van der Waals surface area contributed by atoms with E-state index in [1.54, 1.807) is 12.1 Å². The van der Waals surface area contributed by atoms with Crippen molar-refractivity contribution in [1.29, 1.82) is 0 Å². The lowest BCUT2D eigenvalue weighted by atomic mass is 9.90. The summed E-state index contributed by atoms with van der Waals surface area (Å²) in [5.41, 5.74) is 3.03. The molecule has 7 nitrogen and oxygen atoms in total. The van der Waals surface area contributed by atoms with Gasteiger partial charge in [-0.3, -0.25) is 4.79 Å². The summed E-state index contributed by atoms with van der Waals surface area (Å²) in [5.74, 6) is 0.846. The van der Waals surface area contributed by atoms with Crippen LogP contribution in [0, 0.1) is 5.92 Å². The number of aromatic nitrogens is 2. The van der Waals surface area contributed by atoms with Crippen molar-refractivity contribution in [1.82, 2.24) is 10.2 Å². The molecule has 1 aliphatic rings. The Hall–Kier alpha value is -2.38. The molecule has 0 radical (unpaired) electrons. The number of aliphatic hydroxyl groups is 1. The summed E-state index contributed by atoms with van der Waals surface area (Å²) in [5, 5.41) is 21.9. The van der Waals surface area contributed by atoms with E-state index in [9.17, 15) is 9.90 Å². The highest BCUT2D eigenvalue weighted by molar-refractivity contribution is 6.29. The lowest BCUT2D eigenvalue weighted by Gasteiger charge is -2.39. The van der Waals surface area contributed by atoms with Crippen LogP contribution in [0.5, 0.6) is 0 Å². The third-order valence-electron chi connectivity index (χ3n) is 6.16. The molecule has 0 unspecified atom stereocenters. The molecule has 0 spiro atoms. The Morgan fingerprint density at radius 3 is 2.52 bits per heavy atom. The summed E-state index contributed by atoms with van der Waals surface area (Å²) in [6, 6.07) is 10.2. The number of hydrogen-bond acceptors (Lipinski definition) is 7. The van der Waals surface area contributed by atoms with Crippen LogP contribution in [0.15, 0.2) is 30.3 Å². The highest BCUT2D eigenvalue weighted by Crippen LogP contribution is 2.37. The Labute approximate surface area is 201 Å². The molecule has 33 heavy (non-hydrogen) atoms. The fraction of sp³-hybridized carbons (Fsp3) is 0.560. The lowest BCUT2D eigenvalue weighted by Crippen LogP contribution is -2.41. The molecule has 3 rings (SSSR count). The molecule has 1 saturated carbocycles. The van der Waals surface area contributed by atoms with Gasteiger partial charge in [0.05, 0.1) is 31.0 Å². The number of hydrogen-bond donors (Lipinski definition) is 2. The average Bonchev–Trinajstić information content (AvgIpc) is 2.79. The van der Waals surface area contributed by atoms with Gasteiger partial charge in [0.15, 0.2) is 11.0 Å². The molecule has 0 aliphatic heterocycles. The summed E-state index contributed by atoms with van der Waals surface area (Å²) in [6.07, 6.45) is 3.65. The van der Waals surface area contributed by atoms with Gasteiger partial charge in [0, 0.05) is 12.6 Å². The molecular formula is C25H35ClN4O3. The molecule has 2 aromatic rings. The number of halogens is 1. The lowest BCUT2D eigenvalue weighted by molar-refractivity contribution is -0.140. The van der Waals surface area contributed by atoms with Crippen LogP contribution >= 0.6 is 11.6 Å². The highest BCUT2D eigenvalue weighted by Gasteiger charge is 2.27. The Morgan fingerprint density at radius 2 is 1.91 bits per heavy atom. The Kier molecular flexibility index (Phi) is 8.92. The molecule has 0 amide bonds. The zero-order chi connectivity index (χ0) is 24.0. The van der Waals surface area contributed by atoms with Gasteiger partial charge in [0.2, 0.25) is 0 Å². The number of ether oxygens (including phenoxy) is 1. The summed E-state index contributed by atoms with van der Waals surface area (Å²) in [4.78, 5) is 14.3. The molecular weight excluding hydrogens is 440 g/mol. The number of rotatable bonds is 9. The molecule has 8 heteroatoms. The van der Waals surface area contributed by atoms with Gasteiger partial charge < -0.3 is 20.1 Å².